The Morgan fingerprint density at radius 1 is 0.574 bits per heavy atom. The molecule has 6 aliphatic rings. The maximum atomic E-state index is 14.4. The summed E-state index contributed by atoms with van der Waals surface area (Å²) < 4.78 is 178. The monoisotopic (exact) mass is 1570 g/mol. The molecule has 10 atom stereocenters. The van der Waals surface area contributed by atoms with E-state index in [1.165, 1.54) is 32.7 Å². The van der Waals surface area contributed by atoms with Gasteiger partial charge in [-0.05, 0) is 142 Å². The molecule has 0 unspecified atom stereocenters. The molecular weight excluding hydrogens is 1480 g/mol. The van der Waals surface area contributed by atoms with E-state index in [-0.39, 0.29) is 50.5 Å². The second kappa shape index (κ2) is 30.8. The molecule has 10 rings (SSSR count). The Hall–Kier alpha value is -9.04. The van der Waals surface area contributed by atoms with Crippen molar-refractivity contribution in [3.63, 3.8) is 0 Å². The summed E-state index contributed by atoms with van der Waals surface area (Å²) in [5.74, 6) is -5.04. The number of pyridine rings is 2. The fraction of sp³-hybridized carbons (Fsp3) is 0.600. The molecule has 6 fully saturated rings. The number of nitrogens with one attached hydrogen (secondary N) is 6. The third-order valence-electron chi connectivity index (χ3n) is 19.3. The van der Waals surface area contributed by atoms with Gasteiger partial charge in [-0.15, -0.1) is 6.58 Å². The number of nitrogens with zero attached hydrogens (tertiary/aromatic N) is 4. The van der Waals surface area contributed by atoms with Crippen molar-refractivity contribution in [1.29, 1.82) is 0 Å². The highest BCUT2D eigenvalue weighted by atomic mass is 32.2. The van der Waals surface area contributed by atoms with Gasteiger partial charge >= 0.3 is 45.1 Å². The standard InChI is InChI=1S/C35H46F3N5O10S.C35H44F3N5O10S/c2*1-8-20-17-34(20,30(46)42-54(48,49)53-21-9-10-21)41-27(44)25-16-23(51-28-24-12-11-22(50-7)15-19(24)13-14-39-28)18-43(25)29(45)26(32(2,3)4)40-31(47)52-33(5,6)35(36,37)38/h11-15,20-21,23,25-26H,8-10,16-18H2,1-7H3,(H,40,47)(H,41,44)(H,42,46);8,11-15,20-21,23,25-26H,1,9-10,16-18H2,2-7H3,(H,40,47)(H,41,44)(H,42,46)/t2*20-,23-,25+,26-,34-/m11/s1. The van der Waals surface area contributed by atoms with Gasteiger partial charge in [-0.25, -0.2) is 29.0 Å². The number of fused-ring (bicyclic) bond motifs is 2. The Kier molecular flexibility index (Phi) is 23.7. The fourth-order valence-electron chi connectivity index (χ4n) is 12.4. The Bertz CT molecular complexity index is 4380. The topological polar surface area (TPSA) is 383 Å². The third kappa shape index (κ3) is 19.3. The molecule has 2 saturated heterocycles. The Morgan fingerprint density at radius 2 is 0.954 bits per heavy atom. The zero-order valence-corrected chi connectivity index (χ0v) is 63.3. The molecule has 4 aliphatic carbocycles. The van der Waals surface area contributed by atoms with Crippen LogP contribution in [0, 0.1) is 22.7 Å². The highest BCUT2D eigenvalue weighted by molar-refractivity contribution is 7.85. The van der Waals surface area contributed by atoms with E-state index < -0.39 is 174 Å². The molecule has 2 aliphatic heterocycles. The summed E-state index contributed by atoms with van der Waals surface area (Å²) in [4.78, 5) is 121. The van der Waals surface area contributed by atoms with Gasteiger partial charge in [0.1, 0.15) is 59.0 Å². The van der Waals surface area contributed by atoms with Crippen molar-refractivity contribution in [2.24, 2.45) is 22.7 Å². The van der Waals surface area contributed by atoms with E-state index in [0.29, 0.717) is 82.1 Å². The summed E-state index contributed by atoms with van der Waals surface area (Å²) in [5, 5.41) is 12.5. The van der Waals surface area contributed by atoms with E-state index in [2.05, 4.69) is 42.6 Å². The quantitative estimate of drug-likeness (QED) is 0.0260. The molecule has 0 spiro atoms. The smallest absolute Gasteiger partial charge is 0.427 e. The van der Waals surface area contributed by atoms with Crippen LogP contribution >= 0.6 is 0 Å². The summed E-state index contributed by atoms with van der Waals surface area (Å²) in [5.41, 5.74) is -11.4. The van der Waals surface area contributed by atoms with Crippen LogP contribution in [-0.4, -0.2) is 195 Å². The summed E-state index contributed by atoms with van der Waals surface area (Å²) in [6.07, 6.45) is -9.07. The maximum absolute atomic E-state index is 14.4. The van der Waals surface area contributed by atoms with Crippen molar-refractivity contribution >= 4 is 89.8 Å². The number of halogens is 6. The number of carbonyl (C=O) groups is 8. The van der Waals surface area contributed by atoms with Gasteiger partial charge in [0.15, 0.2) is 0 Å². The average molecular weight is 1570 g/mol. The van der Waals surface area contributed by atoms with Crippen LogP contribution in [0.4, 0.5) is 35.9 Å². The SMILES string of the molecule is C=C[C@@H]1C[C@]1(NC(=O)[C@@H]1C[C@@H](Oc2nccc3cc(OC)ccc23)CN1C(=O)[C@@H](NC(=O)OC(C)(C)C(F)(F)F)C(C)(C)C)C(=O)NS(=O)(=O)OC1CC1.CC[C@@H]1C[C@]1(NC(=O)[C@@H]1C[C@@H](Oc2nccc3cc(OC)ccc23)CN1C(=O)[C@@H](NC(=O)OC(C)(C)C(F)(F)F)C(C)(C)C)C(=O)NS(=O)(=O)OC1CC1. The van der Waals surface area contributed by atoms with Crippen LogP contribution in [0.5, 0.6) is 23.3 Å². The lowest BCUT2D eigenvalue weighted by molar-refractivity contribution is -0.244. The molecule has 2 aromatic carbocycles. The summed E-state index contributed by atoms with van der Waals surface area (Å²) in [6, 6.07) is 8.12. The van der Waals surface area contributed by atoms with Crippen molar-refractivity contribution in [1.82, 2.24) is 50.5 Å². The number of carbonyl (C=O) groups excluding carboxylic acids is 8. The molecule has 4 saturated carbocycles. The van der Waals surface area contributed by atoms with Crippen LogP contribution in [0.25, 0.3) is 21.5 Å². The van der Waals surface area contributed by atoms with E-state index in [1.54, 1.807) is 97.0 Å². The highest BCUT2D eigenvalue weighted by Crippen LogP contribution is 2.48. The van der Waals surface area contributed by atoms with Gasteiger partial charge in [0.2, 0.25) is 46.6 Å². The summed E-state index contributed by atoms with van der Waals surface area (Å²) in [7, 11) is -5.95. The molecular formula is C70H90F6N10O20S2. The van der Waals surface area contributed by atoms with E-state index >= 15 is 0 Å². The number of methoxy groups -OCH3 is 2. The van der Waals surface area contributed by atoms with E-state index in [1.807, 2.05) is 9.44 Å². The first kappa shape index (κ1) is 83.0. The second-order valence-electron chi connectivity index (χ2n) is 30.7. The number of ether oxygens (including phenoxy) is 6. The van der Waals surface area contributed by atoms with E-state index in [0.717, 1.165) is 20.6 Å². The van der Waals surface area contributed by atoms with Crippen molar-refractivity contribution in [2.45, 2.75) is 217 Å². The minimum Gasteiger partial charge on any atom is -0.497 e. The van der Waals surface area contributed by atoms with Gasteiger partial charge in [-0.3, -0.25) is 37.1 Å². The van der Waals surface area contributed by atoms with Gasteiger partial charge < -0.3 is 59.5 Å². The van der Waals surface area contributed by atoms with Crippen LogP contribution in [-0.2, 0) is 67.2 Å². The zero-order valence-electron chi connectivity index (χ0n) is 61.6. The van der Waals surface area contributed by atoms with Crippen LogP contribution in [0.3, 0.4) is 0 Å². The molecule has 2 aromatic heterocycles. The Morgan fingerprint density at radius 3 is 1.28 bits per heavy atom. The molecule has 6 N–H and O–H groups in total. The maximum Gasteiger partial charge on any atom is 0.427 e. The van der Waals surface area contributed by atoms with Crippen molar-refractivity contribution in [2.75, 3.05) is 27.3 Å². The van der Waals surface area contributed by atoms with Gasteiger partial charge in [0, 0.05) is 41.9 Å². The van der Waals surface area contributed by atoms with E-state index in [4.69, 9.17) is 32.1 Å². The molecule has 0 radical (unpaired) electrons. The first-order chi connectivity index (χ1) is 50.0. The predicted octanol–water partition coefficient (Wildman–Crippen LogP) is 7.57. The molecule has 0 bridgehead atoms. The van der Waals surface area contributed by atoms with Crippen LogP contribution in [0.1, 0.15) is 134 Å². The number of rotatable bonds is 26. The first-order valence-corrected chi connectivity index (χ1v) is 37.5. The number of amides is 8. The lowest BCUT2D eigenvalue weighted by atomic mass is 9.85. The van der Waals surface area contributed by atoms with Gasteiger partial charge in [-0.1, -0.05) is 61.0 Å². The van der Waals surface area contributed by atoms with Crippen molar-refractivity contribution in [3.05, 3.63) is 73.6 Å². The van der Waals surface area contributed by atoms with Crippen LogP contribution in [0.2, 0.25) is 0 Å². The normalized spacial score (nSPS) is 23.6. The number of alkyl carbamates (subject to hydrolysis) is 2. The Balaban J connectivity index is 0.000000249. The minimum atomic E-state index is -4.92. The third-order valence-corrected chi connectivity index (χ3v) is 21.3. The number of likely N-dealkylation sites (tertiary alicyclic amines) is 2. The molecule has 38 heteroatoms. The molecule has 4 heterocycles. The highest BCUT2D eigenvalue weighted by Gasteiger charge is 2.64. The molecule has 108 heavy (non-hydrogen) atoms. The fourth-order valence-corrected chi connectivity index (χ4v) is 14.4. The van der Waals surface area contributed by atoms with E-state index in [9.17, 15) is 81.5 Å². The lowest BCUT2D eigenvalue weighted by Crippen LogP contribution is -2.60. The van der Waals surface area contributed by atoms with Crippen molar-refractivity contribution < 1.29 is 118 Å². The van der Waals surface area contributed by atoms with Crippen LogP contribution in [0.15, 0.2) is 73.6 Å². The first-order valence-electron chi connectivity index (χ1n) is 34.7. The summed E-state index contributed by atoms with van der Waals surface area (Å²) >= 11 is 0. The van der Waals surface area contributed by atoms with Gasteiger partial charge in [0.25, 0.3) is 11.8 Å². The van der Waals surface area contributed by atoms with Crippen LogP contribution < -0.4 is 49.7 Å². The minimum absolute atomic E-state index is 0.00991. The average Bonchev–Trinajstić information content (AvgIpc) is 1.58. The predicted molar refractivity (Wildman–Crippen MR) is 372 cm³/mol. The second-order valence-corrected chi connectivity index (χ2v) is 33.3. The molecule has 30 nitrogen and oxygen atoms in total. The van der Waals surface area contributed by atoms with Gasteiger partial charge in [-0.2, -0.15) is 43.2 Å². The molecule has 4 aromatic rings. The number of hydrogen-bond donors (Lipinski definition) is 6. The number of alkyl halides is 6. The molecule has 8 amide bonds. The molecule has 594 valence electrons. The number of benzene rings is 2. The van der Waals surface area contributed by atoms with Crippen molar-refractivity contribution in [3.8, 4) is 23.3 Å². The zero-order chi connectivity index (χ0) is 80.0. The number of hydrogen-bond acceptors (Lipinski definition) is 22. The Labute approximate surface area is 620 Å². The number of aromatic nitrogens is 2. The lowest BCUT2D eigenvalue weighted by Gasteiger charge is -2.36. The largest absolute Gasteiger partial charge is 0.497 e. The van der Waals surface area contributed by atoms with Gasteiger partial charge in [0.05, 0.1) is 39.5 Å². The summed E-state index contributed by atoms with van der Waals surface area (Å²) in [6.45, 7) is 17.0.